The molecule has 1 aromatic heterocycles. The molecule has 0 radical (unpaired) electrons. The van der Waals surface area contributed by atoms with Crippen molar-refractivity contribution in [1.82, 2.24) is 20.2 Å². The van der Waals surface area contributed by atoms with Gasteiger partial charge in [-0.1, -0.05) is 42.1 Å². The monoisotopic (exact) mass is 350 g/mol. The van der Waals surface area contributed by atoms with E-state index in [-0.39, 0.29) is 0 Å². The molecule has 0 aliphatic carbocycles. The molecule has 0 saturated carbocycles. The van der Waals surface area contributed by atoms with Gasteiger partial charge in [-0.25, -0.2) is 0 Å². The van der Waals surface area contributed by atoms with Crippen LogP contribution in [0, 0.1) is 6.92 Å². The van der Waals surface area contributed by atoms with Crippen molar-refractivity contribution in [2.45, 2.75) is 24.0 Å². The summed E-state index contributed by atoms with van der Waals surface area (Å²) in [4.78, 5) is 0. The first-order valence-electron chi connectivity index (χ1n) is 7.08. The second kappa shape index (κ2) is 6.64. The maximum Gasteiger partial charge on any atom is 0.416 e. The van der Waals surface area contributed by atoms with Crippen molar-refractivity contribution in [3.05, 3.63) is 65.2 Å². The normalized spacial score (nSPS) is 11.7. The summed E-state index contributed by atoms with van der Waals surface area (Å²) < 4.78 is 39.9. The van der Waals surface area contributed by atoms with Crippen molar-refractivity contribution in [3.8, 4) is 5.69 Å². The third-order valence-electron chi connectivity index (χ3n) is 3.31. The molecule has 0 unspecified atom stereocenters. The van der Waals surface area contributed by atoms with Crippen LogP contribution >= 0.6 is 11.8 Å². The van der Waals surface area contributed by atoms with Gasteiger partial charge in [-0.05, 0) is 46.7 Å². The smallest absolute Gasteiger partial charge is 0.187 e. The van der Waals surface area contributed by atoms with E-state index in [1.807, 2.05) is 31.2 Å². The van der Waals surface area contributed by atoms with E-state index in [2.05, 4.69) is 15.5 Å². The molecule has 0 bridgehead atoms. The fraction of sp³-hybridized carbons (Fsp3) is 0.188. The quantitative estimate of drug-likeness (QED) is 0.659. The Morgan fingerprint density at radius 1 is 1.08 bits per heavy atom. The highest BCUT2D eigenvalue weighted by Gasteiger charge is 2.30. The Hall–Kier alpha value is -2.35. The van der Waals surface area contributed by atoms with Crippen LogP contribution in [0.5, 0.6) is 0 Å². The number of aryl methyl sites for hydroxylation is 1. The van der Waals surface area contributed by atoms with E-state index in [1.54, 1.807) is 10.7 Å². The van der Waals surface area contributed by atoms with Crippen molar-refractivity contribution < 1.29 is 13.2 Å². The maximum atomic E-state index is 12.8. The average molecular weight is 350 g/mol. The van der Waals surface area contributed by atoms with Crippen LogP contribution in [-0.4, -0.2) is 20.2 Å². The van der Waals surface area contributed by atoms with Gasteiger partial charge < -0.3 is 0 Å². The molecule has 8 heteroatoms. The lowest BCUT2D eigenvalue weighted by Gasteiger charge is -2.08. The highest BCUT2D eigenvalue weighted by molar-refractivity contribution is 7.98. The Labute approximate surface area is 140 Å². The molecule has 24 heavy (non-hydrogen) atoms. The van der Waals surface area contributed by atoms with Gasteiger partial charge in [0.25, 0.3) is 0 Å². The topological polar surface area (TPSA) is 43.6 Å². The molecule has 4 nitrogen and oxygen atoms in total. The van der Waals surface area contributed by atoms with Crippen molar-refractivity contribution in [2.75, 3.05) is 0 Å². The first-order chi connectivity index (χ1) is 11.4. The van der Waals surface area contributed by atoms with Crippen molar-refractivity contribution in [1.29, 1.82) is 0 Å². The molecular weight excluding hydrogens is 337 g/mol. The van der Waals surface area contributed by atoms with Crippen LogP contribution in [0.4, 0.5) is 13.2 Å². The zero-order valence-corrected chi connectivity index (χ0v) is 13.5. The fourth-order valence-electron chi connectivity index (χ4n) is 2.18. The molecular formula is C16H13F3N4S. The van der Waals surface area contributed by atoms with Gasteiger partial charge in [-0.3, -0.25) is 0 Å². The highest BCUT2D eigenvalue weighted by Crippen LogP contribution is 2.31. The molecule has 0 spiro atoms. The van der Waals surface area contributed by atoms with Crippen LogP contribution in [0.2, 0.25) is 0 Å². The van der Waals surface area contributed by atoms with E-state index < -0.39 is 11.7 Å². The number of rotatable bonds is 4. The Bertz CT molecular complexity index is 845. The Balaban J connectivity index is 1.78. The van der Waals surface area contributed by atoms with Crippen LogP contribution in [0.3, 0.4) is 0 Å². The first kappa shape index (κ1) is 16.5. The van der Waals surface area contributed by atoms with Crippen LogP contribution < -0.4 is 0 Å². The number of aromatic nitrogens is 4. The predicted octanol–water partition coefficient (Wildman–Crippen LogP) is 4.28. The second-order valence-corrected chi connectivity index (χ2v) is 6.14. The lowest BCUT2D eigenvalue weighted by Crippen LogP contribution is -2.05. The molecule has 0 amide bonds. The summed E-state index contributed by atoms with van der Waals surface area (Å²) in [7, 11) is 0. The van der Waals surface area contributed by atoms with Gasteiger partial charge in [-0.2, -0.15) is 17.9 Å². The lowest BCUT2D eigenvalue weighted by atomic mass is 10.1. The fourth-order valence-corrected chi connectivity index (χ4v) is 3.01. The van der Waals surface area contributed by atoms with Gasteiger partial charge in [0.05, 0.1) is 11.3 Å². The molecule has 3 aromatic rings. The summed E-state index contributed by atoms with van der Waals surface area (Å²) in [6.45, 7) is 1.96. The van der Waals surface area contributed by atoms with E-state index in [4.69, 9.17) is 0 Å². The summed E-state index contributed by atoms with van der Waals surface area (Å²) in [6, 6.07) is 12.9. The Morgan fingerprint density at radius 2 is 1.88 bits per heavy atom. The third kappa shape index (κ3) is 3.76. The number of hydrogen-bond acceptors (Lipinski definition) is 4. The minimum atomic E-state index is -4.34. The number of tetrazole rings is 1. The molecule has 0 aliphatic rings. The van der Waals surface area contributed by atoms with Gasteiger partial charge in [-0.15, -0.1) is 5.10 Å². The molecule has 0 N–H and O–H groups in total. The van der Waals surface area contributed by atoms with Crippen molar-refractivity contribution in [2.24, 2.45) is 0 Å². The summed E-state index contributed by atoms with van der Waals surface area (Å²) in [5.74, 6) is 0.343. The Kier molecular flexibility index (Phi) is 4.57. The number of alkyl halides is 3. The van der Waals surface area contributed by atoms with Crippen LogP contribution in [0.1, 0.15) is 16.7 Å². The molecule has 0 atom stereocenters. The zero-order chi connectivity index (χ0) is 17.2. The van der Waals surface area contributed by atoms with Gasteiger partial charge in [0, 0.05) is 5.75 Å². The third-order valence-corrected chi connectivity index (χ3v) is 4.30. The molecule has 1 heterocycles. The van der Waals surface area contributed by atoms with Gasteiger partial charge in [0.2, 0.25) is 5.16 Å². The van der Waals surface area contributed by atoms with Crippen LogP contribution in [-0.2, 0) is 11.9 Å². The largest absolute Gasteiger partial charge is 0.416 e. The van der Waals surface area contributed by atoms with E-state index in [0.29, 0.717) is 16.5 Å². The lowest BCUT2D eigenvalue weighted by molar-refractivity contribution is -0.137. The maximum absolute atomic E-state index is 12.8. The van der Waals surface area contributed by atoms with Gasteiger partial charge in [0.1, 0.15) is 0 Å². The van der Waals surface area contributed by atoms with Gasteiger partial charge in [0.15, 0.2) is 0 Å². The van der Waals surface area contributed by atoms with Gasteiger partial charge >= 0.3 is 6.18 Å². The number of benzene rings is 2. The molecule has 124 valence electrons. The van der Waals surface area contributed by atoms with Crippen LogP contribution in [0.25, 0.3) is 5.69 Å². The highest BCUT2D eigenvalue weighted by atomic mass is 32.2. The standard InChI is InChI=1S/C16H13F3N4S/c1-11-4-2-7-14(8-11)23-15(20-21-22-23)24-10-12-5-3-6-13(9-12)16(17,18)19/h2-9H,10H2,1H3. The van der Waals surface area contributed by atoms with E-state index in [1.165, 1.54) is 17.8 Å². The molecule has 0 saturated heterocycles. The Morgan fingerprint density at radius 3 is 2.62 bits per heavy atom. The average Bonchev–Trinajstić information content (AvgIpc) is 3.01. The summed E-state index contributed by atoms with van der Waals surface area (Å²) in [6.07, 6.45) is -4.34. The first-order valence-corrected chi connectivity index (χ1v) is 8.06. The molecule has 3 rings (SSSR count). The van der Waals surface area contributed by atoms with E-state index >= 15 is 0 Å². The number of halogens is 3. The van der Waals surface area contributed by atoms with E-state index in [0.717, 1.165) is 23.4 Å². The molecule has 2 aromatic carbocycles. The van der Waals surface area contributed by atoms with E-state index in [9.17, 15) is 13.2 Å². The zero-order valence-electron chi connectivity index (χ0n) is 12.7. The number of nitrogens with zero attached hydrogens (tertiary/aromatic N) is 4. The minimum Gasteiger partial charge on any atom is -0.187 e. The van der Waals surface area contributed by atoms with Crippen molar-refractivity contribution >= 4 is 11.8 Å². The van der Waals surface area contributed by atoms with Crippen molar-refractivity contribution in [3.63, 3.8) is 0 Å². The summed E-state index contributed by atoms with van der Waals surface area (Å²) in [5.41, 5.74) is 1.79. The predicted molar refractivity (Wildman–Crippen MR) is 84.9 cm³/mol. The molecule has 0 aliphatic heterocycles. The number of thioether (sulfide) groups is 1. The second-order valence-electron chi connectivity index (χ2n) is 5.20. The minimum absolute atomic E-state index is 0.343. The number of hydrogen-bond donors (Lipinski definition) is 0. The summed E-state index contributed by atoms with van der Waals surface area (Å²) in [5, 5.41) is 12.1. The van der Waals surface area contributed by atoms with Crippen LogP contribution in [0.15, 0.2) is 53.7 Å². The SMILES string of the molecule is Cc1cccc(-n2nnnc2SCc2cccc(C(F)(F)F)c2)c1. The summed E-state index contributed by atoms with van der Waals surface area (Å²) >= 11 is 1.29. The molecule has 0 fully saturated rings.